The van der Waals surface area contributed by atoms with Gasteiger partial charge < -0.3 is 20.3 Å². The van der Waals surface area contributed by atoms with E-state index in [4.69, 9.17) is 4.74 Å². The van der Waals surface area contributed by atoms with Crippen LogP contribution in [0.2, 0.25) is 0 Å². The molecule has 27 heavy (non-hydrogen) atoms. The summed E-state index contributed by atoms with van der Waals surface area (Å²) in [7, 11) is 0. The Morgan fingerprint density at radius 3 is 2.48 bits per heavy atom. The van der Waals surface area contributed by atoms with E-state index in [1.807, 2.05) is 24.3 Å². The third-order valence-electron chi connectivity index (χ3n) is 4.53. The number of nitrogens with zero attached hydrogens (tertiary/aromatic N) is 1. The lowest BCUT2D eigenvalue weighted by Gasteiger charge is -2.37. The molecular formula is C21H26FN3O2. The monoisotopic (exact) mass is 371 g/mol. The fourth-order valence-corrected chi connectivity index (χ4v) is 3.37. The first-order chi connectivity index (χ1) is 13.0. The van der Waals surface area contributed by atoms with E-state index < -0.39 is 0 Å². The first kappa shape index (κ1) is 19.2. The molecule has 1 fully saturated rings. The van der Waals surface area contributed by atoms with Crippen molar-refractivity contribution in [3.63, 3.8) is 0 Å². The number of rotatable bonds is 5. The van der Waals surface area contributed by atoms with Crippen LogP contribution in [-0.4, -0.2) is 37.9 Å². The fraction of sp³-hybridized carbons (Fsp3) is 0.381. The lowest BCUT2D eigenvalue weighted by atomic mass is 10.1. The number of nitrogens with one attached hydrogen (secondary N) is 2. The number of morpholine rings is 1. The Morgan fingerprint density at radius 1 is 1.11 bits per heavy atom. The number of halogens is 1. The van der Waals surface area contributed by atoms with Gasteiger partial charge in [0.25, 0.3) is 0 Å². The van der Waals surface area contributed by atoms with Crippen molar-refractivity contribution in [1.29, 1.82) is 0 Å². The number of ether oxygens (including phenoxy) is 1. The van der Waals surface area contributed by atoms with Crippen molar-refractivity contribution >= 4 is 17.4 Å². The smallest absolute Gasteiger partial charge is 0.319 e. The summed E-state index contributed by atoms with van der Waals surface area (Å²) < 4.78 is 18.7. The van der Waals surface area contributed by atoms with Gasteiger partial charge in [0.15, 0.2) is 0 Å². The van der Waals surface area contributed by atoms with Gasteiger partial charge in [-0.1, -0.05) is 24.3 Å². The van der Waals surface area contributed by atoms with Crippen LogP contribution in [0.25, 0.3) is 0 Å². The van der Waals surface area contributed by atoms with Gasteiger partial charge in [-0.25, -0.2) is 9.18 Å². The van der Waals surface area contributed by atoms with Crippen molar-refractivity contribution in [2.45, 2.75) is 32.5 Å². The molecular weight excluding hydrogens is 345 g/mol. The summed E-state index contributed by atoms with van der Waals surface area (Å²) in [6.45, 7) is 6.16. The second kappa shape index (κ2) is 8.86. The average molecular weight is 371 g/mol. The van der Waals surface area contributed by atoms with Crippen molar-refractivity contribution in [3.8, 4) is 0 Å². The van der Waals surface area contributed by atoms with Gasteiger partial charge >= 0.3 is 6.03 Å². The lowest BCUT2D eigenvalue weighted by Crippen LogP contribution is -2.45. The van der Waals surface area contributed by atoms with Gasteiger partial charge in [-0.05, 0) is 50.1 Å². The number of para-hydroxylation sites is 2. The van der Waals surface area contributed by atoms with E-state index in [2.05, 4.69) is 29.4 Å². The molecule has 5 nitrogen and oxygen atoms in total. The van der Waals surface area contributed by atoms with E-state index in [-0.39, 0.29) is 24.1 Å². The number of amides is 2. The maximum absolute atomic E-state index is 12.9. The van der Waals surface area contributed by atoms with Crippen LogP contribution < -0.4 is 15.5 Å². The first-order valence-corrected chi connectivity index (χ1v) is 9.30. The molecule has 1 aliphatic heterocycles. The van der Waals surface area contributed by atoms with E-state index in [1.54, 1.807) is 12.1 Å². The largest absolute Gasteiger partial charge is 0.372 e. The molecule has 144 valence electrons. The molecule has 0 aromatic heterocycles. The molecule has 0 radical (unpaired) electrons. The number of carbonyl (C=O) groups is 1. The van der Waals surface area contributed by atoms with Crippen LogP contribution in [0.1, 0.15) is 19.4 Å². The minimum Gasteiger partial charge on any atom is -0.372 e. The van der Waals surface area contributed by atoms with Crippen LogP contribution in [0.4, 0.5) is 20.6 Å². The van der Waals surface area contributed by atoms with Crippen molar-refractivity contribution < 1.29 is 13.9 Å². The fourth-order valence-electron chi connectivity index (χ4n) is 3.37. The second-order valence-electron chi connectivity index (χ2n) is 6.94. The molecule has 2 amide bonds. The first-order valence-electron chi connectivity index (χ1n) is 9.30. The SMILES string of the molecule is CC1CN(c2ccccc2NC(=O)NCCc2ccc(F)cc2)CC(C)O1. The molecule has 0 saturated carbocycles. The standard InChI is InChI=1S/C21H26FN3O2/c1-15-13-25(14-16(2)27-15)20-6-4-3-5-19(20)24-21(26)23-12-11-17-7-9-18(22)10-8-17/h3-10,15-16H,11-14H2,1-2H3,(H2,23,24,26). The number of hydrogen-bond acceptors (Lipinski definition) is 3. The van der Waals surface area contributed by atoms with Gasteiger partial charge in [-0.3, -0.25) is 0 Å². The molecule has 1 heterocycles. The summed E-state index contributed by atoms with van der Waals surface area (Å²) in [5.74, 6) is -0.257. The zero-order valence-corrected chi connectivity index (χ0v) is 15.7. The molecule has 0 spiro atoms. The van der Waals surface area contributed by atoms with Crippen LogP contribution in [0.15, 0.2) is 48.5 Å². The van der Waals surface area contributed by atoms with Crippen LogP contribution in [0.5, 0.6) is 0 Å². The quantitative estimate of drug-likeness (QED) is 0.840. The molecule has 3 rings (SSSR count). The molecule has 1 saturated heterocycles. The minimum atomic E-state index is -0.257. The number of urea groups is 1. The van der Waals surface area contributed by atoms with Gasteiger partial charge in [-0.15, -0.1) is 0 Å². The number of hydrogen-bond donors (Lipinski definition) is 2. The molecule has 2 N–H and O–H groups in total. The Hall–Kier alpha value is -2.60. The van der Waals surface area contributed by atoms with Crippen molar-refractivity contribution in [3.05, 3.63) is 59.9 Å². The van der Waals surface area contributed by atoms with E-state index in [1.165, 1.54) is 12.1 Å². The lowest BCUT2D eigenvalue weighted by molar-refractivity contribution is -0.00517. The predicted molar refractivity (Wildman–Crippen MR) is 106 cm³/mol. The van der Waals surface area contributed by atoms with Crippen molar-refractivity contribution in [1.82, 2.24) is 5.32 Å². The number of benzene rings is 2. The summed E-state index contributed by atoms with van der Waals surface area (Å²) in [5, 5.41) is 5.80. The molecule has 2 unspecified atom stereocenters. The van der Waals surface area contributed by atoms with Gasteiger partial charge in [0, 0.05) is 19.6 Å². The Labute approximate surface area is 159 Å². The maximum Gasteiger partial charge on any atom is 0.319 e. The molecule has 2 aromatic carbocycles. The molecule has 0 bridgehead atoms. The summed E-state index contributed by atoms with van der Waals surface area (Å²) in [6, 6.07) is 13.8. The van der Waals surface area contributed by atoms with Gasteiger partial charge in [-0.2, -0.15) is 0 Å². The Kier molecular flexibility index (Phi) is 6.29. The third kappa shape index (κ3) is 5.44. The molecule has 2 aromatic rings. The summed E-state index contributed by atoms with van der Waals surface area (Å²) >= 11 is 0. The molecule has 1 aliphatic rings. The van der Waals surface area contributed by atoms with Gasteiger partial charge in [0.2, 0.25) is 0 Å². The normalized spacial score (nSPS) is 19.6. The molecule has 0 aliphatic carbocycles. The zero-order chi connectivity index (χ0) is 19.2. The maximum atomic E-state index is 12.9. The van der Waals surface area contributed by atoms with Crippen molar-refractivity contribution in [2.24, 2.45) is 0 Å². The molecule has 2 atom stereocenters. The van der Waals surface area contributed by atoms with Crippen LogP contribution in [0, 0.1) is 5.82 Å². The highest BCUT2D eigenvalue weighted by atomic mass is 19.1. The zero-order valence-electron chi connectivity index (χ0n) is 15.7. The third-order valence-corrected chi connectivity index (χ3v) is 4.53. The summed E-state index contributed by atoms with van der Waals surface area (Å²) in [4.78, 5) is 14.5. The predicted octanol–water partition coefficient (Wildman–Crippen LogP) is 3.80. The van der Waals surface area contributed by atoms with Crippen molar-refractivity contribution in [2.75, 3.05) is 29.9 Å². The second-order valence-corrected chi connectivity index (χ2v) is 6.94. The van der Waals surface area contributed by atoms with Crippen LogP contribution in [-0.2, 0) is 11.2 Å². The van der Waals surface area contributed by atoms with Gasteiger partial charge in [0.05, 0.1) is 23.6 Å². The van der Waals surface area contributed by atoms with E-state index in [0.717, 1.165) is 30.0 Å². The highest BCUT2D eigenvalue weighted by Gasteiger charge is 2.24. The number of anilines is 2. The van der Waals surface area contributed by atoms with Crippen LogP contribution in [0.3, 0.4) is 0 Å². The topological polar surface area (TPSA) is 53.6 Å². The minimum absolute atomic E-state index is 0.145. The Bertz CT molecular complexity index is 756. The highest BCUT2D eigenvalue weighted by Crippen LogP contribution is 2.28. The number of carbonyl (C=O) groups excluding carboxylic acids is 1. The summed E-state index contributed by atoms with van der Waals surface area (Å²) in [5.41, 5.74) is 2.75. The van der Waals surface area contributed by atoms with Crippen LogP contribution >= 0.6 is 0 Å². The average Bonchev–Trinajstić information content (AvgIpc) is 2.63. The van der Waals surface area contributed by atoms with Gasteiger partial charge in [0.1, 0.15) is 5.82 Å². The molecule has 6 heteroatoms. The highest BCUT2D eigenvalue weighted by molar-refractivity contribution is 5.93. The Morgan fingerprint density at radius 2 is 1.78 bits per heavy atom. The van der Waals surface area contributed by atoms with E-state index in [0.29, 0.717) is 13.0 Å². The van der Waals surface area contributed by atoms with E-state index in [9.17, 15) is 9.18 Å². The Balaban J connectivity index is 1.57. The summed E-state index contributed by atoms with van der Waals surface area (Å²) in [6.07, 6.45) is 0.936. The van der Waals surface area contributed by atoms with E-state index >= 15 is 0 Å².